The third-order valence-electron chi connectivity index (χ3n) is 2.11. The van der Waals surface area contributed by atoms with Gasteiger partial charge in [0.1, 0.15) is 6.29 Å². The van der Waals surface area contributed by atoms with E-state index in [-0.39, 0.29) is 12.0 Å². The Morgan fingerprint density at radius 1 is 1.50 bits per heavy atom. The van der Waals surface area contributed by atoms with E-state index < -0.39 is 0 Å². The lowest BCUT2D eigenvalue weighted by atomic mass is 10.2. The Kier molecular flexibility index (Phi) is 9.61. The maximum absolute atomic E-state index is 11.2. The van der Waals surface area contributed by atoms with Crippen molar-refractivity contribution in [1.82, 2.24) is 5.32 Å². The number of carbonyl (C=O) groups is 2. The third-order valence-corrected chi connectivity index (χ3v) is 2.11. The summed E-state index contributed by atoms with van der Waals surface area (Å²) in [4.78, 5) is 21.3. The summed E-state index contributed by atoms with van der Waals surface area (Å²) < 4.78 is 5.31. The van der Waals surface area contributed by atoms with Crippen LogP contribution in [0.2, 0.25) is 0 Å². The zero-order chi connectivity index (χ0) is 12.2. The molecule has 0 aliphatic rings. The summed E-state index contributed by atoms with van der Waals surface area (Å²) in [6, 6.07) is 0. The molecule has 92 valence electrons. The van der Waals surface area contributed by atoms with Gasteiger partial charge in [-0.1, -0.05) is 6.08 Å². The molecule has 0 rings (SSSR count). The summed E-state index contributed by atoms with van der Waals surface area (Å²) in [7, 11) is 0. The van der Waals surface area contributed by atoms with E-state index in [1.165, 1.54) is 0 Å². The van der Waals surface area contributed by atoms with Gasteiger partial charge in [-0.3, -0.25) is 4.79 Å². The predicted octanol–water partition coefficient (Wildman–Crippen LogP) is 1.45. The molecule has 0 aliphatic carbocycles. The summed E-state index contributed by atoms with van der Waals surface area (Å²) in [5, 5.41) is 2.75. The zero-order valence-corrected chi connectivity index (χ0v) is 9.91. The van der Waals surface area contributed by atoms with Crippen LogP contribution in [0, 0.1) is 0 Å². The molecule has 1 unspecified atom stereocenters. The zero-order valence-electron chi connectivity index (χ0n) is 9.91. The van der Waals surface area contributed by atoms with Crippen molar-refractivity contribution in [2.24, 2.45) is 0 Å². The van der Waals surface area contributed by atoms with Crippen LogP contribution >= 0.6 is 0 Å². The standard InChI is InChI=1S/C12H21NO3/c1-3-11(2)16-10-8-13-12(15)7-5-4-6-9-14/h3,9,11H,1,4-8,10H2,2H3,(H,13,15). The Morgan fingerprint density at radius 2 is 2.25 bits per heavy atom. The molecule has 0 saturated carbocycles. The van der Waals surface area contributed by atoms with Crippen molar-refractivity contribution in [1.29, 1.82) is 0 Å². The fraction of sp³-hybridized carbons (Fsp3) is 0.667. The molecule has 1 atom stereocenters. The van der Waals surface area contributed by atoms with Gasteiger partial charge in [-0.05, 0) is 19.8 Å². The lowest BCUT2D eigenvalue weighted by molar-refractivity contribution is -0.121. The predicted molar refractivity (Wildman–Crippen MR) is 63.2 cm³/mol. The first-order chi connectivity index (χ1) is 7.70. The average molecular weight is 227 g/mol. The highest BCUT2D eigenvalue weighted by molar-refractivity contribution is 5.75. The summed E-state index contributed by atoms with van der Waals surface area (Å²) in [5.74, 6) is 0.0146. The van der Waals surface area contributed by atoms with Gasteiger partial charge in [-0.2, -0.15) is 0 Å². The number of aldehydes is 1. The van der Waals surface area contributed by atoms with Gasteiger partial charge < -0.3 is 14.8 Å². The average Bonchev–Trinajstić information content (AvgIpc) is 2.30. The van der Waals surface area contributed by atoms with Crippen LogP contribution in [-0.2, 0) is 14.3 Å². The van der Waals surface area contributed by atoms with E-state index in [9.17, 15) is 9.59 Å². The van der Waals surface area contributed by atoms with Crippen LogP contribution < -0.4 is 5.32 Å². The topological polar surface area (TPSA) is 55.4 Å². The summed E-state index contributed by atoms with van der Waals surface area (Å²) in [6.45, 7) is 6.50. The highest BCUT2D eigenvalue weighted by Crippen LogP contribution is 1.97. The Labute approximate surface area is 97.1 Å². The first-order valence-corrected chi connectivity index (χ1v) is 5.65. The van der Waals surface area contributed by atoms with E-state index in [0.717, 1.165) is 19.1 Å². The number of hydrogen-bond donors (Lipinski definition) is 1. The lowest BCUT2D eigenvalue weighted by Gasteiger charge is -2.09. The number of carbonyl (C=O) groups excluding carboxylic acids is 2. The van der Waals surface area contributed by atoms with Gasteiger partial charge in [0, 0.05) is 19.4 Å². The smallest absolute Gasteiger partial charge is 0.220 e. The van der Waals surface area contributed by atoms with Crippen molar-refractivity contribution in [3.8, 4) is 0 Å². The molecular formula is C12H21NO3. The second kappa shape index (κ2) is 10.4. The first-order valence-electron chi connectivity index (χ1n) is 5.65. The molecule has 0 aromatic rings. The van der Waals surface area contributed by atoms with E-state index in [1.807, 2.05) is 6.92 Å². The molecule has 0 bridgehead atoms. The van der Waals surface area contributed by atoms with Gasteiger partial charge in [0.05, 0.1) is 12.7 Å². The fourth-order valence-electron chi connectivity index (χ4n) is 1.10. The first kappa shape index (κ1) is 14.8. The van der Waals surface area contributed by atoms with E-state index >= 15 is 0 Å². The Bertz CT molecular complexity index is 216. The number of hydrogen-bond acceptors (Lipinski definition) is 3. The van der Waals surface area contributed by atoms with Gasteiger partial charge >= 0.3 is 0 Å². The highest BCUT2D eigenvalue weighted by atomic mass is 16.5. The minimum atomic E-state index is 0.0146. The molecule has 0 aliphatic heterocycles. The van der Waals surface area contributed by atoms with E-state index in [0.29, 0.717) is 26.0 Å². The van der Waals surface area contributed by atoms with Gasteiger partial charge in [-0.15, -0.1) is 6.58 Å². The van der Waals surface area contributed by atoms with Crippen molar-refractivity contribution in [2.45, 2.75) is 38.7 Å². The Hall–Kier alpha value is -1.16. The molecule has 16 heavy (non-hydrogen) atoms. The molecule has 0 saturated heterocycles. The highest BCUT2D eigenvalue weighted by Gasteiger charge is 2.00. The largest absolute Gasteiger partial charge is 0.373 e. The second-order valence-electron chi connectivity index (χ2n) is 3.57. The molecule has 0 spiro atoms. The fourth-order valence-corrected chi connectivity index (χ4v) is 1.10. The molecular weight excluding hydrogens is 206 g/mol. The Balaban J connectivity index is 3.30. The molecule has 1 N–H and O–H groups in total. The molecule has 0 aromatic carbocycles. The number of amides is 1. The molecule has 0 fully saturated rings. The maximum atomic E-state index is 11.2. The van der Waals surface area contributed by atoms with Gasteiger partial charge in [-0.25, -0.2) is 0 Å². The van der Waals surface area contributed by atoms with Crippen molar-refractivity contribution in [3.63, 3.8) is 0 Å². The van der Waals surface area contributed by atoms with E-state index in [4.69, 9.17) is 4.74 Å². The molecule has 0 heterocycles. The third kappa shape index (κ3) is 9.40. The summed E-state index contributed by atoms with van der Waals surface area (Å²) >= 11 is 0. The van der Waals surface area contributed by atoms with Gasteiger partial charge in [0.25, 0.3) is 0 Å². The monoisotopic (exact) mass is 227 g/mol. The molecule has 0 aromatic heterocycles. The van der Waals surface area contributed by atoms with Gasteiger partial charge in [0.15, 0.2) is 0 Å². The molecule has 4 heteroatoms. The van der Waals surface area contributed by atoms with Crippen molar-refractivity contribution < 1.29 is 14.3 Å². The minimum Gasteiger partial charge on any atom is -0.373 e. The summed E-state index contributed by atoms with van der Waals surface area (Å²) in [5.41, 5.74) is 0. The summed E-state index contributed by atoms with van der Waals surface area (Å²) in [6.07, 6.45) is 5.15. The Morgan fingerprint density at radius 3 is 2.88 bits per heavy atom. The van der Waals surface area contributed by atoms with Crippen LogP contribution in [0.15, 0.2) is 12.7 Å². The van der Waals surface area contributed by atoms with Crippen LogP contribution in [-0.4, -0.2) is 31.4 Å². The van der Waals surface area contributed by atoms with Crippen molar-refractivity contribution in [2.75, 3.05) is 13.2 Å². The molecule has 0 radical (unpaired) electrons. The van der Waals surface area contributed by atoms with Gasteiger partial charge in [0.2, 0.25) is 5.91 Å². The van der Waals surface area contributed by atoms with Crippen molar-refractivity contribution >= 4 is 12.2 Å². The van der Waals surface area contributed by atoms with Crippen LogP contribution in [0.3, 0.4) is 0 Å². The number of ether oxygens (including phenoxy) is 1. The number of nitrogens with one attached hydrogen (secondary N) is 1. The van der Waals surface area contributed by atoms with Crippen LogP contribution in [0.4, 0.5) is 0 Å². The van der Waals surface area contributed by atoms with Crippen LogP contribution in [0.5, 0.6) is 0 Å². The maximum Gasteiger partial charge on any atom is 0.220 e. The SMILES string of the molecule is C=CC(C)OCCNC(=O)CCCCC=O. The molecule has 1 amide bonds. The number of unbranched alkanes of at least 4 members (excludes halogenated alkanes) is 2. The minimum absolute atomic E-state index is 0.0146. The van der Waals surface area contributed by atoms with Crippen LogP contribution in [0.25, 0.3) is 0 Å². The van der Waals surface area contributed by atoms with E-state index in [1.54, 1.807) is 6.08 Å². The lowest BCUT2D eigenvalue weighted by Crippen LogP contribution is -2.27. The number of rotatable bonds is 10. The molecule has 4 nitrogen and oxygen atoms in total. The second-order valence-corrected chi connectivity index (χ2v) is 3.57. The van der Waals surface area contributed by atoms with Crippen molar-refractivity contribution in [3.05, 3.63) is 12.7 Å². The quantitative estimate of drug-likeness (QED) is 0.349. The van der Waals surface area contributed by atoms with Crippen LogP contribution in [0.1, 0.15) is 32.6 Å². The normalized spacial score (nSPS) is 11.8. The van der Waals surface area contributed by atoms with E-state index in [2.05, 4.69) is 11.9 Å².